The standard InChI is InChI=1S/C21H16FN3O3S2/c1-30(27,28)17-7-8-18-19(11-17)29-21(24-18)25(13-14-4-3-9-23-12-14)20(26)15-5-2-6-16(22)10-15/h2-12H,13H2,1H3. The molecule has 0 unspecified atom stereocenters. The lowest BCUT2D eigenvalue weighted by atomic mass is 10.2. The average Bonchev–Trinajstić information content (AvgIpc) is 3.14. The fraction of sp³-hybridized carbons (Fsp3) is 0.0952. The van der Waals surface area contributed by atoms with Gasteiger partial charge in [-0.1, -0.05) is 23.5 Å². The van der Waals surface area contributed by atoms with Crippen LogP contribution in [0.1, 0.15) is 15.9 Å². The van der Waals surface area contributed by atoms with Gasteiger partial charge in [0.05, 0.1) is 21.7 Å². The predicted octanol–water partition coefficient (Wildman–Crippen LogP) is 4.08. The zero-order valence-corrected chi connectivity index (χ0v) is 17.5. The van der Waals surface area contributed by atoms with E-state index in [1.165, 1.54) is 46.6 Å². The topological polar surface area (TPSA) is 80.2 Å². The van der Waals surface area contributed by atoms with Gasteiger partial charge in [0.15, 0.2) is 15.0 Å². The fourth-order valence-electron chi connectivity index (χ4n) is 2.92. The first-order valence-electron chi connectivity index (χ1n) is 8.88. The van der Waals surface area contributed by atoms with Crippen molar-refractivity contribution in [2.24, 2.45) is 0 Å². The van der Waals surface area contributed by atoms with Crippen LogP contribution < -0.4 is 4.90 Å². The molecule has 0 saturated heterocycles. The highest BCUT2D eigenvalue weighted by molar-refractivity contribution is 7.90. The van der Waals surface area contributed by atoms with E-state index in [-0.39, 0.29) is 17.0 Å². The number of pyridine rings is 1. The van der Waals surface area contributed by atoms with Gasteiger partial charge >= 0.3 is 0 Å². The summed E-state index contributed by atoms with van der Waals surface area (Å²) < 4.78 is 38.1. The maximum atomic E-state index is 13.7. The third-order valence-electron chi connectivity index (χ3n) is 4.39. The number of aromatic nitrogens is 2. The van der Waals surface area contributed by atoms with E-state index in [0.29, 0.717) is 15.3 Å². The Morgan fingerprint density at radius 1 is 1.13 bits per heavy atom. The van der Waals surface area contributed by atoms with Crippen molar-refractivity contribution in [3.05, 3.63) is 83.9 Å². The highest BCUT2D eigenvalue weighted by Crippen LogP contribution is 2.32. The first kappa shape index (κ1) is 20.1. The number of fused-ring (bicyclic) bond motifs is 1. The van der Waals surface area contributed by atoms with Gasteiger partial charge in [-0.15, -0.1) is 0 Å². The summed E-state index contributed by atoms with van der Waals surface area (Å²) in [7, 11) is -3.37. The predicted molar refractivity (Wildman–Crippen MR) is 114 cm³/mol. The first-order chi connectivity index (χ1) is 14.3. The number of sulfone groups is 1. The Morgan fingerprint density at radius 3 is 2.67 bits per heavy atom. The van der Waals surface area contributed by atoms with Crippen molar-refractivity contribution in [3.63, 3.8) is 0 Å². The van der Waals surface area contributed by atoms with E-state index in [9.17, 15) is 17.6 Å². The van der Waals surface area contributed by atoms with Crippen molar-refractivity contribution < 1.29 is 17.6 Å². The summed E-state index contributed by atoms with van der Waals surface area (Å²) in [5.74, 6) is -0.926. The number of hydrogen-bond acceptors (Lipinski definition) is 6. The molecule has 9 heteroatoms. The van der Waals surface area contributed by atoms with Crippen LogP contribution in [0.15, 0.2) is 71.9 Å². The summed E-state index contributed by atoms with van der Waals surface area (Å²) in [6.45, 7) is 0.182. The molecule has 1 amide bonds. The number of thiazole rings is 1. The van der Waals surface area contributed by atoms with Gasteiger partial charge in [-0.25, -0.2) is 17.8 Å². The van der Waals surface area contributed by atoms with Crippen LogP contribution in [0.2, 0.25) is 0 Å². The second-order valence-electron chi connectivity index (χ2n) is 6.66. The molecule has 0 aliphatic rings. The molecule has 0 saturated carbocycles. The van der Waals surface area contributed by atoms with E-state index in [2.05, 4.69) is 9.97 Å². The third kappa shape index (κ3) is 4.22. The fourth-order valence-corrected chi connectivity index (χ4v) is 4.64. The summed E-state index contributed by atoms with van der Waals surface area (Å²) in [5, 5.41) is 0.383. The lowest BCUT2D eigenvalue weighted by molar-refractivity contribution is 0.0984. The molecule has 0 spiro atoms. The van der Waals surface area contributed by atoms with E-state index in [0.717, 1.165) is 11.8 Å². The van der Waals surface area contributed by atoms with E-state index < -0.39 is 21.6 Å². The molecule has 4 rings (SSSR count). The van der Waals surface area contributed by atoms with Crippen molar-refractivity contribution in [1.82, 2.24) is 9.97 Å². The SMILES string of the molecule is CS(=O)(=O)c1ccc2nc(N(Cc3cccnc3)C(=O)c3cccc(F)c3)sc2c1. The number of rotatable bonds is 5. The molecular weight excluding hydrogens is 425 g/mol. The number of amides is 1. The second-order valence-corrected chi connectivity index (χ2v) is 9.69. The quantitative estimate of drug-likeness (QED) is 0.466. The summed E-state index contributed by atoms with van der Waals surface area (Å²) in [4.78, 5) is 23.4. The van der Waals surface area contributed by atoms with Crippen molar-refractivity contribution in [3.8, 4) is 0 Å². The molecule has 0 radical (unpaired) electrons. The first-order valence-corrected chi connectivity index (χ1v) is 11.6. The molecule has 4 aromatic rings. The second kappa shape index (κ2) is 7.92. The molecule has 6 nitrogen and oxygen atoms in total. The van der Waals surface area contributed by atoms with Crippen LogP contribution >= 0.6 is 11.3 Å². The van der Waals surface area contributed by atoms with Crippen molar-refractivity contribution >= 4 is 42.4 Å². The number of hydrogen-bond donors (Lipinski definition) is 0. The van der Waals surface area contributed by atoms with Crippen molar-refractivity contribution in [1.29, 1.82) is 0 Å². The molecule has 0 fully saturated rings. The number of carbonyl (C=O) groups excluding carboxylic acids is 1. The highest BCUT2D eigenvalue weighted by Gasteiger charge is 2.23. The van der Waals surface area contributed by atoms with Crippen LogP contribution in [-0.4, -0.2) is 30.5 Å². The Bertz CT molecular complexity index is 1340. The minimum Gasteiger partial charge on any atom is -0.279 e. The van der Waals surface area contributed by atoms with Crippen LogP contribution in [0.4, 0.5) is 9.52 Å². The Kier molecular flexibility index (Phi) is 5.31. The Morgan fingerprint density at radius 2 is 1.97 bits per heavy atom. The summed E-state index contributed by atoms with van der Waals surface area (Å²) in [6, 6.07) is 13.7. The van der Waals surface area contributed by atoms with Crippen molar-refractivity contribution in [2.45, 2.75) is 11.4 Å². The lowest BCUT2D eigenvalue weighted by Crippen LogP contribution is -2.30. The van der Waals surface area contributed by atoms with E-state index >= 15 is 0 Å². The van der Waals surface area contributed by atoms with Crippen LogP contribution in [0.25, 0.3) is 10.2 Å². The van der Waals surface area contributed by atoms with Crippen molar-refractivity contribution in [2.75, 3.05) is 11.2 Å². The van der Waals surface area contributed by atoms with Gasteiger partial charge in [0.25, 0.3) is 5.91 Å². The molecule has 152 valence electrons. The van der Waals surface area contributed by atoms with Gasteiger partial charge in [0, 0.05) is 24.2 Å². The zero-order valence-electron chi connectivity index (χ0n) is 15.8. The Balaban J connectivity index is 1.79. The summed E-state index contributed by atoms with van der Waals surface area (Å²) in [6.07, 6.45) is 4.41. The van der Waals surface area contributed by atoms with Gasteiger partial charge in [0.2, 0.25) is 0 Å². The minimum atomic E-state index is -3.37. The van der Waals surface area contributed by atoms with E-state index in [1.807, 2.05) is 6.07 Å². The Hall–Kier alpha value is -3.17. The third-order valence-corrected chi connectivity index (χ3v) is 6.54. The molecule has 2 aromatic carbocycles. The monoisotopic (exact) mass is 441 g/mol. The summed E-state index contributed by atoms with van der Waals surface area (Å²) >= 11 is 1.20. The molecule has 30 heavy (non-hydrogen) atoms. The van der Waals surface area contributed by atoms with Crippen LogP contribution in [0.3, 0.4) is 0 Å². The van der Waals surface area contributed by atoms with Gasteiger partial charge in [-0.3, -0.25) is 14.7 Å². The summed E-state index contributed by atoms with van der Waals surface area (Å²) in [5.41, 5.74) is 1.54. The number of anilines is 1. The van der Waals surface area contributed by atoms with E-state index in [4.69, 9.17) is 0 Å². The van der Waals surface area contributed by atoms with Crippen LogP contribution in [-0.2, 0) is 16.4 Å². The smallest absolute Gasteiger partial charge is 0.260 e. The van der Waals surface area contributed by atoms with Gasteiger partial charge in [0.1, 0.15) is 5.82 Å². The normalized spacial score (nSPS) is 11.5. The number of carbonyl (C=O) groups is 1. The Labute approximate surface area is 176 Å². The zero-order chi connectivity index (χ0) is 21.3. The molecule has 0 N–H and O–H groups in total. The lowest BCUT2D eigenvalue weighted by Gasteiger charge is -2.20. The van der Waals surface area contributed by atoms with E-state index in [1.54, 1.807) is 30.6 Å². The molecule has 0 atom stereocenters. The molecular formula is C21H16FN3O3S2. The molecule has 0 aliphatic heterocycles. The van der Waals surface area contributed by atoms with Gasteiger partial charge < -0.3 is 0 Å². The highest BCUT2D eigenvalue weighted by atomic mass is 32.2. The average molecular weight is 442 g/mol. The largest absolute Gasteiger partial charge is 0.279 e. The molecule has 0 aliphatic carbocycles. The van der Waals surface area contributed by atoms with Gasteiger partial charge in [-0.05, 0) is 48.0 Å². The number of nitrogens with zero attached hydrogens (tertiary/aromatic N) is 3. The van der Waals surface area contributed by atoms with Crippen LogP contribution in [0, 0.1) is 5.82 Å². The van der Waals surface area contributed by atoms with Gasteiger partial charge in [-0.2, -0.15) is 0 Å². The molecule has 0 bridgehead atoms. The minimum absolute atomic E-state index is 0.181. The maximum absolute atomic E-state index is 13.7. The molecule has 2 aromatic heterocycles. The number of halogens is 1. The number of benzene rings is 2. The molecule has 2 heterocycles. The van der Waals surface area contributed by atoms with Crippen LogP contribution in [0.5, 0.6) is 0 Å². The maximum Gasteiger partial charge on any atom is 0.260 e.